The van der Waals surface area contributed by atoms with Crippen LogP contribution in [-0.2, 0) is 6.54 Å². The molecule has 0 fully saturated rings. The van der Waals surface area contributed by atoms with Crippen molar-refractivity contribution in [2.45, 2.75) is 6.54 Å². The molecule has 0 bridgehead atoms. The Morgan fingerprint density at radius 2 is 1.95 bits per heavy atom. The van der Waals surface area contributed by atoms with Crippen molar-refractivity contribution in [3.05, 3.63) is 64.7 Å². The predicted octanol–water partition coefficient (Wildman–Crippen LogP) is 2.05. The smallest absolute Gasteiger partial charge is 0.258 e. The lowest BCUT2D eigenvalue weighted by molar-refractivity contribution is 1.07. The van der Waals surface area contributed by atoms with Crippen molar-refractivity contribution >= 4 is 10.9 Å². The molecular formula is C15H13N3O. The van der Waals surface area contributed by atoms with Crippen molar-refractivity contribution in [3.63, 3.8) is 0 Å². The van der Waals surface area contributed by atoms with Gasteiger partial charge in [0.25, 0.3) is 5.56 Å². The van der Waals surface area contributed by atoms with Crippen LogP contribution in [0, 0.1) is 0 Å². The molecule has 0 amide bonds. The number of aromatic amines is 1. The van der Waals surface area contributed by atoms with Crippen LogP contribution in [0.5, 0.6) is 0 Å². The summed E-state index contributed by atoms with van der Waals surface area (Å²) in [6, 6.07) is 13.7. The van der Waals surface area contributed by atoms with Gasteiger partial charge in [-0.15, -0.1) is 0 Å². The molecule has 0 aliphatic rings. The van der Waals surface area contributed by atoms with E-state index >= 15 is 0 Å². The predicted molar refractivity (Wildman–Crippen MR) is 75.7 cm³/mol. The summed E-state index contributed by atoms with van der Waals surface area (Å²) in [5.41, 5.74) is 9.32. The van der Waals surface area contributed by atoms with Crippen LogP contribution in [0.15, 0.2) is 53.6 Å². The van der Waals surface area contributed by atoms with E-state index in [-0.39, 0.29) is 5.56 Å². The Bertz CT molecular complexity index is 792. The van der Waals surface area contributed by atoms with Crippen LogP contribution in [0.4, 0.5) is 0 Å². The van der Waals surface area contributed by atoms with Crippen molar-refractivity contribution in [3.8, 4) is 11.1 Å². The number of nitrogens with two attached hydrogens (primary N) is 1. The molecule has 3 N–H and O–H groups in total. The van der Waals surface area contributed by atoms with Crippen LogP contribution < -0.4 is 11.3 Å². The molecule has 3 rings (SSSR count). The Balaban J connectivity index is 2.20. The second-order valence-electron chi connectivity index (χ2n) is 4.37. The lowest BCUT2D eigenvalue weighted by Crippen LogP contribution is -2.06. The number of aromatic nitrogens is 2. The van der Waals surface area contributed by atoms with E-state index in [1.807, 2.05) is 42.5 Å². The van der Waals surface area contributed by atoms with Gasteiger partial charge in [-0.1, -0.05) is 24.3 Å². The van der Waals surface area contributed by atoms with Gasteiger partial charge < -0.3 is 10.7 Å². The van der Waals surface area contributed by atoms with Crippen LogP contribution in [0.3, 0.4) is 0 Å². The first kappa shape index (κ1) is 11.6. The molecule has 4 heteroatoms. The van der Waals surface area contributed by atoms with E-state index < -0.39 is 0 Å². The Kier molecular flexibility index (Phi) is 2.85. The second kappa shape index (κ2) is 4.66. The third kappa shape index (κ3) is 2.13. The molecule has 0 aliphatic carbocycles. The van der Waals surface area contributed by atoms with Gasteiger partial charge in [-0.25, -0.2) is 4.98 Å². The number of nitrogens with zero attached hydrogens (tertiary/aromatic N) is 1. The third-order valence-corrected chi connectivity index (χ3v) is 3.14. The summed E-state index contributed by atoms with van der Waals surface area (Å²) in [6.45, 7) is 0.504. The largest absolute Gasteiger partial charge is 0.326 e. The molecule has 3 aromatic rings. The number of nitrogens with one attached hydrogen (secondary N) is 1. The van der Waals surface area contributed by atoms with Crippen molar-refractivity contribution < 1.29 is 0 Å². The maximum absolute atomic E-state index is 11.8. The highest BCUT2D eigenvalue weighted by Crippen LogP contribution is 2.22. The molecule has 0 atom stereocenters. The maximum atomic E-state index is 11.8. The first-order valence-corrected chi connectivity index (χ1v) is 6.05. The molecule has 0 spiro atoms. The molecule has 0 saturated carbocycles. The fourth-order valence-corrected chi connectivity index (χ4v) is 2.13. The molecule has 1 heterocycles. The minimum atomic E-state index is -0.123. The molecule has 0 radical (unpaired) electrons. The van der Waals surface area contributed by atoms with E-state index in [0.717, 1.165) is 16.7 Å². The zero-order valence-electron chi connectivity index (χ0n) is 10.3. The molecule has 2 aromatic carbocycles. The van der Waals surface area contributed by atoms with Gasteiger partial charge in [0.2, 0.25) is 0 Å². The number of fused-ring (bicyclic) bond motifs is 1. The summed E-state index contributed by atoms with van der Waals surface area (Å²) < 4.78 is 0. The summed E-state index contributed by atoms with van der Waals surface area (Å²) in [4.78, 5) is 18.5. The molecule has 0 saturated heterocycles. The SMILES string of the molecule is NCc1cccc(-c2ccc3nc[nH]c(=O)c3c2)c1. The average molecular weight is 251 g/mol. The van der Waals surface area contributed by atoms with Crippen LogP contribution in [-0.4, -0.2) is 9.97 Å². The maximum Gasteiger partial charge on any atom is 0.258 e. The Morgan fingerprint density at radius 3 is 2.79 bits per heavy atom. The van der Waals surface area contributed by atoms with E-state index in [9.17, 15) is 4.79 Å². The van der Waals surface area contributed by atoms with Crippen molar-refractivity contribution in [2.24, 2.45) is 5.73 Å². The molecule has 0 aliphatic heterocycles. The quantitative estimate of drug-likeness (QED) is 0.732. The Morgan fingerprint density at radius 1 is 1.11 bits per heavy atom. The molecule has 19 heavy (non-hydrogen) atoms. The monoisotopic (exact) mass is 251 g/mol. The highest BCUT2D eigenvalue weighted by atomic mass is 16.1. The summed E-state index contributed by atoms with van der Waals surface area (Å²) >= 11 is 0. The van der Waals surface area contributed by atoms with Gasteiger partial charge in [-0.05, 0) is 34.9 Å². The van der Waals surface area contributed by atoms with E-state index in [1.165, 1.54) is 6.33 Å². The van der Waals surface area contributed by atoms with E-state index in [2.05, 4.69) is 9.97 Å². The molecule has 1 aromatic heterocycles. The van der Waals surface area contributed by atoms with Crippen molar-refractivity contribution in [2.75, 3.05) is 0 Å². The number of rotatable bonds is 2. The van der Waals surface area contributed by atoms with E-state index in [0.29, 0.717) is 17.4 Å². The zero-order chi connectivity index (χ0) is 13.2. The number of hydrogen-bond acceptors (Lipinski definition) is 3. The van der Waals surface area contributed by atoms with Crippen LogP contribution in [0.2, 0.25) is 0 Å². The van der Waals surface area contributed by atoms with Gasteiger partial charge in [0, 0.05) is 6.54 Å². The van der Waals surface area contributed by atoms with E-state index in [4.69, 9.17) is 5.73 Å². The zero-order valence-corrected chi connectivity index (χ0v) is 10.3. The Labute approximate surface area is 109 Å². The molecule has 0 unspecified atom stereocenters. The lowest BCUT2D eigenvalue weighted by atomic mass is 10.0. The van der Waals surface area contributed by atoms with Crippen LogP contribution in [0.1, 0.15) is 5.56 Å². The number of H-pyrrole nitrogens is 1. The molecule has 94 valence electrons. The normalized spacial score (nSPS) is 10.8. The molecular weight excluding hydrogens is 238 g/mol. The highest BCUT2D eigenvalue weighted by Gasteiger charge is 2.03. The standard InChI is InChI=1S/C15H13N3O/c16-8-10-2-1-3-11(6-10)12-4-5-14-13(7-12)15(19)18-9-17-14/h1-7,9H,8,16H2,(H,17,18,19). The minimum absolute atomic E-state index is 0.123. The average Bonchev–Trinajstić information content (AvgIpc) is 2.47. The molecule has 4 nitrogen and oxygen atoms in total. The van der Waals surface area contributed by atoms with Gasteiger partial charge in [-0.2, -0.15) is 0 Å². The third-order valence-electron chi connectivity index (χ3n) is 3.14. The fourth-order valence-electron chi connectivity index (χ4n) is 2.13. The van der Waals surface area contributed by atoms with Gasteiger partial charge in [0.1, 0.15) is 0 Å². The summed E-state index contributed by atoms with van der Waals surface area (Å²) in [6.07, 6.45) is 1.42. The lowest BCUT2D eigenvalue weighted by Gasteiger charge is -2.05. The Hall–Kier alpha value is -2.46. The fraction of sp³-hybridized carbons (Fsp3) is 0.0667. The van der Waals surface area contributed by atoms with Crippen molar-refractivity contribution in [1.29, 1.82) is 0 Å². The van der Waals surface area contributed by atoms with Crippen molar-refractivity contribution in [1.82, 2.24) is 9.97 Å². The van der Waals surface area contributed by atoms with Crippen LogP contribution in [0.25, 0.3) is 22.0 Å². The first-order chi connectivity index (χ1) is 9.28. The summed E-state index contributed by atoms with van der Waals surface area (Å²) in [5.74, 6) is 0. The van der Waals surface area contributed by atoms with Crippen LogP contribution >= 0.6 is 0 Å². The second-order valence-corrected chi connectivity index (χ2v) is 4.37. The van der Waals surface area contributed by atoms with Gasteiger partial charge >= 0.3 is 0 Å². The van der Waals surface area contributed by atoms with Gasteiger partial charge in [0.05, 0.1) is 17.2 Å². The summed E-state index contributed by atoms with van der Waals surface area (Å²) in [7, 11) is 0. The van der Waals surface area contributed by atoms with E-state index in [1.54, 1.807) is 0 Å². The highest BCUT2D eigenvalue weighted by molar-refractivity contribution is 5.83. The topological polar surface area (TPSA) is 71.8 Å². The van der Waals surface area contributed by atoms with Gasteiger partial charge in [0.15, 0.2) is 0 Å². The first-order valence-electron chi connectivity index (χ1n) is 6.05. The number of hydrogen-bond donors (Lipinski definition) is 2. The van der Waals surface area contributed by atoms with Gasteiger partial charge in [-0.3, -0.25) is 4.79 Å². The minimum Gasteiger partial charge on any atom is -0.326 e. The number of benzene rings is 2. The summed E-state index contributed by atoms with van der Waals surface area (Å²) in [5, 5.41) is 0.596.